The maximum Gasteiger partial charge on any atom is 0.280 e. The van der Waals surface area contributed by atoms with Crippen molar-refractivity contribution in [3.05, 3.63) is 64.6 Å². The van der Waals surface area contributed by atoms with Crippen LogP contribution in [0.2, 0.25) is 0 Å². The molecule has 3 aromatic rings. The lowest BCUT2D eigenvalue weighted by atomic mass is 10.0. The SMILES string of the molecule is Cc1cc(S(=O)(=O)Nc2cscn2)ncc1N(C)C1CCN(Cc2ccccc2)CC1. The minimum Gasteiger partial charge on any atom is -0.370 e. The van der Waals surface area contributed by atoms with Gasteiger partial charge < -0.3 is 4.90 Å². The van der Waals surface area contributed by atoms with E-state index in [1.807, 2.05) is 13.0 Å². The second-order valence-corrected chi connectivity index (χ2v) is 10.2. The van der Waals surface area contributed by atoms with Crippen LogP contribution >= 0.6 is 11.3 Å². The molecule has 0 bridgehead atoms. The first-order valence-corrected chi connectivity index (χ1v) is 12.7. The number of aryl methyl sites for hydroxylation is 1. The van der Waals surface area contributed by atoms with Gasteiger partial charge in [-0.3, -0.25) is 9.62 Å². The molecule has 0 unspecified atom stereocenters. The first-order valence-electron chi connectivity index (χ1n) is 10.3. The Kier molecular flexibility index (Phi) is 6.54. The molecule has 164 valence electrons. The van der Waals surface area contributed by atoms with Crippen molar-refractivity contribution in [2.24, 2.45) is 0 Å². The normalized spacial score (nSPS) is 15.7. The Bertz CT molecular complexity index is 1100. The molecule has 0 spiro atoms. The van der Waals surface area contributed by atoms with Crippen LogP contribution in [0.4, 0.5) is 11.5 Å². The third-order valence-corrected chi connectivity index (χ3v) is 7.58. The highest BCUT2D eigenvalue weighted by molar-refractivity contribution is 7.92. The molecule has 0 saturated carbocycles. The van der Waals surface area contributed by atoms with Crippen LogP contribution in [0.5, 0.6) is 0 Å². The minimum absolute atomic E-state index is 0.00725. The average molecular weight is 458 g/mol. The highest BCUT2D eigenvalue weighted by Gasteiger charge is 2.25. The number of benzene rings is 1. The number of anilines is 2. The largest absolute Gasteiger partial charge is 0.370 e. The molecule has 1 saturated heterocycles. The van der Waals surface area contributed by atoms with E-state index in [1.54, 1.807) is 23.2 Å². The molecule has 0 amide bonds. The van der Waals surface area contributed by atoms with Crippen LogP contribution in [0, 0.1) is 6.92 Å². The number of thiazole rings is 1. The van der Waals surface area contributed by atoms with E-state index in [-0.39, 0.29) is 5.03 Å². The summed E-state index contributed by atoms with van der Waals surface area (Å²) in [6.45, 7) is 5.00. The van der Waals surface area contributed by atoms with Crippen LogP contribution in [0.1, 0.15) is 24.0 Å². The zero-order chi connectivity index (χ0) is 21.8. The quantitative estimate of drug-likeness (QED) is 0.582. The average Bonchev–Trinajstić information content (AvgIpc) is 3.27. The molecule has 0 radical (unpaired) electrons. The molecular weight excluding hydrogens is 430 g/mol. The lowest BCUT2D eigenvalue weighted by molar-refractivity contribution is 0.203. The summed E-state index contributed by atoms with van der Waals surface area (Å²) in [5, 5.41) is 1.66. The molecule has 0 aliphatic carbocycles. The van der Waals surface area contributed by atoms with Crippen LogP contribution in [0.15, 0.2) is 58.5 Å². The molecule has 4 rings (SSSR count). The van der Waals surface area contributed by atoms with E-state index in [0.717, 1.165) is 43.7 Å². The van der Waals surface area contributed by atoms with E-state index in [4.69, 9.17) is 0 Å². The standard InChI is InChI=1S/C22H27N5O2S2/c1-17-12-22(31(28,29)25-21-15-30-16-24-21)23-13-20(17)26(2)19-8-10-27(11-9-19)14-18-6-4-3-5-7-18/h3-7,12-13,15-16,19,25H,8-11,14H2,1-2H3. The van der Waals surface area contributed by atoms with Gasteiger partial charge in [0.1, 0.15) is 0 Å². The molecule has 1 aromatic carbocycles. The Balaban J connectivity index is 1.39. The predicted molar refractivity (Wildman–Crippen MR) is 125 cm³/mol. The van der Waals surface area contributed by atoms with Gasteiger partial charge in [-0.2, -0.15) is 8.42 Å². The summed E-state index contributed by atoms with van der Waals surface area (Å²) in [4.78, 5) is 13.0. The van der Waals surface area contributed by atoms with Crippen molar-refractivity contribution >= 4 is 32.9 Å². The number of nitrogens with zero attached hydrogens (tertiary/aromatic N) is 4. The van der Waals surface area contributed by atoms with Crippen LogP contribution < -0.4 is 9.62 Å². The maximum atomic E-state index is 12.6. The molecule has 3 heterocycles. The molecule has 7 nitrogen and oxygen atoms in total. The highest BCUT2D eigenvalue weighted by Crippen LogP contribution is 2.27. The summed E-state index contributed by atoms with van der Waals surface area (Å²) < 4.78 is 27.7. The fourth-order valence-electron chi connectivity index (χ4n) is 4.00. The number of aromatic nitrogens is 2. The first-order chi connectivity index (χ1) is 14.9. The summed E-state index contributed by atoms with van der Waals surface area (Å²) in [6, 6.07) is 12.6. The zero-order valence-electron chi connectivity index (χ0n) is 17.7. The number of hydrogen-bond donors (Lipinski definition) is 1. The Morgan fingerprint density at radius 3 is 2.58 bits per heavy atom. The third-order valence-electron chi connectivity index (χ3n) is 5.74. The fraction of sp³-hybridized carbons (Fsp3) is 0.364. The van der Waals surface area contributed by atoms with Crippen molar-refractivity contribution in [1.29, 1.82) is 0 Å². The van der Waals surface area contributed by atoms with Gasteiger partial charge in [0.25, 0.3) is 10.0 Å². The summed E-state index contributed by atoms with van der Waals surface area (Å²) in [6.07, 6.45) is 3.80. The second-order valence-electron chi connectivity index (χ2n) is 7.89. The van der Waals surface area contributed by atoms with Gasteiger partial charge in [-0.15, -0.1) is 11.3 Å². The fourth-order valence-corrected chi connectivity index (χ4v) is 5.57. The van der Waals surface area contributed by atoms with Crippen molar-refractivity contribution in [2.75, 3.05) is 29.8 Å². The molecule has 2 aromatic heterocycles. The number of nitrogens with one attached hydrogen (secondary N) is 1. The van der Waals surface area contributed by atoms with Crippen LogP contribution in [-0.2, 0) is 16.6 Å². The third kappa shape index (κ3) is 5.23. The van der Waals surface area contributed by atoms with Gasteiger partial charge >= 0.3 is 0 Å². The number of sulfonamides is 1. The van der Waals surface area contributed by atoms with Crippen LogP contribution in [0.3, 0.4) is 0 Å². The van der Waals surface area contributed by atoms with Crippen LogP contribution in [-0.4, -0.2) is 49.5 Å². The monoisotopic (exact) mass is 457 g/mol. The van der Waals surface area contributed by atoms with Gasteiger partial charge in [0.2, 0.25) is 0 Å². The number of hydrogen-bond acceptors (Lipinski definition) is 7. The molecular formula is C22H27N5O2S2. The van der Waals surface area contributed by atoms with Crippen LogP contribution in [0.25, 0.3) is 0 Å². The van der Waals surface area contributed by atoms with E-state index in [1.165, 1.54) is 16.9 Å². The number of piperidine rings is 1. The Labute approximate surface area is 187 Å². The van der Waals surface area contributed by atoms with Gasteiger partial charge in [-0.1, -0.05) is 30.3 Å². The Morgan fingerprint density at radius 2 is 1.94 bits per heavy atom. The summed E-state index contributed by atoms with van der Waals surface area (Å²) in [5.74, 6) is 0.313. The second kappa shape index (κ2) is 9.33. The highest BCUT2D eigenvalue weighted by atomic mass is 32.2. The Hall–Kier alpha value is -2.49. The molecule has 31 heavy (non-hydrogen) atoms. The zero-order valence-corrected chi connectivity index (χ0v) is 19.4. The lowest BCUT2D eigenvalue weighted by Gasteiger charge is -2.38. The van der Waals surface area contributed by atoms with Crippen molar-refractivity contribution in [3.63, 3.8) is 0 Å². The van der Waals surface area contributed by atoms with Gasteiger partial charge in [0, 0.05) is 38.1 Å². The minimum atomic E-state index is -3.75. The molecule has 9 heteroatoms. The molecule has 1 N–H and O–H groups in total. The number of pyridine rings is 1. The lowest BCUT2D eigenvalue weighted by Crippen LogP contribution is -2.43. The van der Waals surface area contributed by atoms with E-state index in [2.05, 4.69) is 55.8 Å². The van der Waals surface area contributed by atoms with Gasteiger partial charge in [-0.05, 0) is 37.0 Å². The van der Waals surface area contributed by atoms with Gasteiger partial charge in [0.15, 0.2) is 10.8 Å². The van der Waals surface area contributed by atoms with E-state index in [9.17, 15) is 8.42 Å². The van der Waals surface area contributed by atoms with Crippen molar-refractivity contribution < 1.29 is 8.42 Å². The topological polar surface area (TPSA) is 78.4 Å². The van der Waals surface area contributed by atoms with Crippen molar-refractivity contribution in [3.8, 4) is 0 Å². The van der Waals surface area contributed by atoms with Crippen molar-refractivity contribution in [1.82, 2.24) is 14.9 Å². The van der Waals surface area contributed by atoms with Gasteiger partial charge in [0.05, 0.1) is 17.4 Å². The smallest absolute Gasteiger partial charge is 0.280 e. The summed E-state index contributed by atoms with van der Waals surface area (Å²) >= 11 is 1.33. The number of likely N-dealkylation sites (tertiary alicyclic amines) is 1. The predicted octanol–water partition coefficient (Wildman–Crippen LogP) is 3.75. The van der Waals surface area contributed by atoms with Gasteiger partial charge in [-0.25, -0.2) is 9.97 Å². The molecule has 1 aliphatic heterocycles. The number of rotatable bonds is 7. The summed E-state index contributed by atoms with van der Waals surface area (Å²) in [7, 11) is -1.68. The van der Waals surface area contributed by atoms with E-state index in [0.29, 0.717) is 11.9 Å². The van der Waals surface area contributed by atoms with Crippen molar-refractivity contribution in [2.45, 2.75) is 37.4 Å². The summed E-state index contributed by atoms with van der Waals surface area (Å²) in [5.41, 5.74) is 4.79. The van der Waals surface area contributed by atoms with E-state index >= 15 is 0 Å². The molecule has 0 atom stereocenters. The molecule has 1 aliphatic rings. The Morgan fingerprint density at radius 1 is 1.19 bits per heavy atom. The maximum absolute atomic E-state index is 12.6. The molecule has 1 fully saturated rings. The van der Waals surface area contributed by atoms with E-state index < -0.39 is 10.0 Å². The first kappa shape index (κ1) is 21.7.